The molecular formula is C10H9Cl2N3O. The fourth-order valence-electron chi connectivity index (χ4n) is 1.18. The van der Waals surface area contributed by atoms with Gasteiger partial charge in [-0.15, -0.1) is 0 Å². The molecule has 1 heterocycles. The molecule has 0 fully saturated rings. The molecule has 2 aromatic rings. The van der Waals surface area contributed by atoms with Crippen LogP contribution in [0.3, 0.4) is 0 Å². The molecule has 0 radical (unpaired) electrons. The zero-order chi connectivity index (χ0) is 11.5. The highest BCUT2D eigenvalue weighted by Gasteiger charge is 2.02. The van der Waals surface area contributed by atoms with Crippen LogP contribution in [0.4, 0.5) is 5.82 Å². The minimum atomic E-state index is 0.349. The molecule has 0 saturated carbocycles. The summed E-state index contributed by atoms with van der Waals surface area (Å²) in [6, 6.07) is 6.79. The van der Waals surface area contributed by atoms with E-state index in [-0.39, 0.29) is 0 Å². The molecule has 0 saturated heterocycles. The van der Waals surface area contributed by atoms with Crippen molar-refractivity contribution in [1.82, 2.24) is 10.2 Å². The second-order valence-corrected chi connectivity index (χ2v) is 4.00. The van der Waals surface area contributed by atoms with Crippen molar-refractivity contribution in [3.63, 3.8) is 0 Å². The van der Waals surface area contributed by atoms with Gasteiger partial charge < -0.3 is 10.5 Å². The molecule has 0 aliphatic carbocycles. The maximum absolute atomic E-state index is 5.85. The number of nitrogens with one attached hydrogen (secondary N) is 1. The minimum absolute atomic E-state index is 0.349. The lowest BCUT2D eigenvalue weighted by atomic mass is 10.3. The van der Waals surface area contributed by atoms with Crippen LogP contribution in [0.5, 0.6) is 5.75 Å². The van der Waals surface area contributed by atoms with Crippen LogP contribution in [0.1, 0.15) is 5.69 Å². The molecule has 0 atom stereocenters. The molecule has 0 bridgehead atoms. The van der Waals surface area contributed by atoms with Crippen LogP contribution < -0.4 is 10.5 Å². The van der Waals surface area contributed by atoms with Crippen LogP contribution in [0.2, 0.25) is 10.0 Å². The third-order valence-corrected chi connectivity index (χ3v) is 2.68. The first kappa shape index (κ1) is 11.1. The Hall–Kier alpha value is -1.39. The lowest BCUT2D eigenvalue weighted by molar-refractivity contribution is 0.301. The van der Waals surface area contributed by atoms with E-state index in [9.17, 15) is 0 Å². The molecule has 0 aliphatic rings. The number of rotatable bonds is 3. The summed E-state index contributed by atoms with van der Waals surface area (Å²) in [5.74, 6) is 1.08. The quantitative estimate of drug-likeness (QED) is 0.889. The van der Waals surface area contributed by atoms with E-state index < -0.39 is 0 Å². The predicted octanol–water partition coefficient (Wildman–Crippen LogP) is 2.88. The fourth-order valence-corrected chi connectivity index (χ4v) is 1.47. The number of benzene rings is 1. The third-order valence-electron chi connectivity index (χ3n) is 1.94. The van der Waals surface area contributed by atoms with E-state index in [2.05, 4.69) is 10.2 Å². The number of anilines is 1. The fraction of sp³-hybridized carbons (Fsp3) is 0.100. The van der Waals surface area contributed by atoms with Crippen LogP contribution in [-0.4, -0.2) is 10.2 Å². The number of hydrogen-bond acceptors (Lipinski definition) is 3. The van der Waals surface area contributed by atoms with Crippen molar-refractivity contribution < 1.29 is 4.74 Å². The zero-order valence-electron chi connectivity index (χ0n) is 8.21. The summed E-state index contributed by atoms with van der Waals surface area (Å²) in [6.45, 7) is 0.349. The summed E-state index contributed by atoms with van der Waals surface area (Å²) >= 11 is 11.6. The van der Waals surface area contributed by atoms with E-state index in [1.807, 2.05) is 0 Å². The molecule has 4 nitrogen and oxygen atoms in total. The number of halogens is 2. The van der Waals surface area contributed by atoms with Crippen molar-refractivity contribution in [3.05, 3.63) is 40.0 Å². The molecule has 84 valence electrons. The average Bonchev–Trinajstić information content (AvgIpc) is 2.66. The van der Waals surface area contributed by atoms with Crippen molar-refractivity contribution in [2.24, 2.45) is 0 Å². The number of aromatic nitrogens is 2. The molecule has 2 rings (SSSR count). The smallest absolute Gasteiger partial charge is 0.145 e. The van der Waals surface area contributed by atoms with Gasteiger partial charge in [0.1, 0.15) is 18.2 Å². The van der Waals surface area contributed by atoms with Crippen LogP contribution in [0, 0.1) is 0 Å². The number of hydrogen-bond donors (Lipinski definition) is 2. The number of nitrogen functional groups attached to an aromatic ring is 1. The standard InChI is InChI=1S/C10H9Cl2N3O/c11-8-2-1-7(4-9(8)12)16-5-6-3-10(13)15-14-6/h1-4H,5H2,(H3,13,14,15). The summed E-state index contributed by atoms with van der Waals surface area (Å²) in [5.41, 5.74) is 6.25. The number of aromatic amines is 1. The van der Waals surface area contributed by atoms with Gasteiger partial charge >= 0.3 is 0 Å². The predicted molar refractivity (Wildman–Crippen MR) is 63.8 cm³/mol. The van der Waals surface area contributed by atoms with Crippen LogP contribution >= 0.6 is 23.2 Å². The van der Waals surface area contributed by atoms with Gasteiger partial charge in [-0.1, -0.05) is 23.2 Å². The summed E-state index contributed by atoms with van der Waals surface area (Å²) < 4.78 is 5.47. The first-order valence-electron chi connectivity index (χ1n) is 4.53. The average molecular weight is 258 g/mol. The Morgan fingerprint density at radius 2 is 2.06 bits per heavy atom. The third kappa shape index (κ3) is 2.59. The summed E-state index contributed by atoms with van der Waals surface area (Å²) in [4.78, 5) is 0. The molecular weight excluding hydrogens is 249 g/mol. The maximum atomic E-state index is 5.85. The molecule has 0 unspecified atom stereocenters. The van der Waals surface area contributed by atoms with Crippen molar-refractivity contribution in [2.45, 2.75) is 6.61 Å². The molecule has 1 aromatic carbocycles. The lowest BCUT2D eigenvalue weighted by Crippen LogP contribution is -1.95. The highest BCUT2D eigenvalue weighted by atomic mass is 35.5. The van der Waals surface area contributed by atoms with Crippen LogP contribution in [0.25, 0.3) is 0 Å². The molecule has 0 spiro atoms. The Kier molecular flexibility index (Phi) is 3.22. The van der Waals surface area contributed by atoms with E-state index in [4.69, 9.17) is 33.7 Å². The summed E-state index contributed by atoms with van der Waals surface area (Å²) in [7, 11) is 0. The molecule has 6 heteroatoms. The second-order valence-electron chi connectivity index (χ2n) is 3.18. The highest BCUT2D eigenvalue weighted by Crippen LogP contribution is 2.26. The van der Waals surface area contributed by atoms with Crippen LogP contribution in [0.15, 0.2) is 24.3 Å². The molecule has 0 amide bonds. The normalized spacial score (nSPS) is 10.4. The maximum Gasteiger partial charge on any atom is 0.145 e. The number of nitrogens with two attached hydrogens (primary N) is 1. The van der Waals surface area contributed by atoms with Crippen molar-refractivity contribution in [3.8, 4) is 5.75 Å². The number of nitrogens with zero attached hydrogens (tertiary/aromatic N) is 1. The van der Waals surface area contributed by atoms with Crippen molar-refractivity contribution in [2.75, 3.05) is 5.73 Å². The summed E-state index contributed by atoms with van der Waals surface area (Å²) in [5, 5.41) is 7.49. The monoisotopic (exact) mass is 257 g/mol. The Morgan fingerprint density at radius 1 is 1.25 bits per heavy atom. The zero-order valence-corrected chi connectivity index (χ0v) is 9.72. The van der Waals surface area contributed by atoms with Gasteiger partial charge in [0.05, 0.1) is 15.7 Å². The minimum Gasteiger partial charge on any atom is -0.487 e. The largest absolute Gasteiger partial charge is 0.487 e. The second kappa shape index (κ2) is 4.63. The van der Waals surface area contributed by atoms with E-state index in [1.165, 1.54) is 0 Å². The first-order valence-corrected chi connectivity index (χ1v) is 5.28. The Balaban J connectivity index is 2.02. The molecule has 3 N–H and O–H groups in total. The topological polar surface area (TPSA) is 63.9 Å². The van der Waals surface area contributed by atoms with Gasteiger partial charge in [-0.25, -0.2) is 0 Å². The molecule has 16 heavy (non-hydrogen) atoms. The van der Waals surface area contributed by atoms with Gasteiger partial charge in [0.15, 0.2) is 0 Å². The Bertz CT molecular complexity index is 499. The SMILES string of the molecule is Nc1cc(COc2ccc(Cl)c(Cl)c2)[nH]n1. The Labute approximate surface area is 102 Å². The van der Waals surface area contributed by atoms with E-state index in [0.29, 0.717) is 28.2 Å². The molecule has 0 aliphatic heterocycles. The van der Waals surface area contributed by atoms with Gasteiger partial charge in [0.2, 0.25) is 0 Å². The number of H-pyrrole nitrogens is 1. The Morgan fingerprint density at radius 3 is 2.69 bits per heavy atom. The van der Waals surface area contributed by atoms with Gasteiger partial charge in [-0.05, 0) is 12.1 Å². The highest BCUT2D eigenvalue weighted by molar-refractivity contribution is 6.42. The van der Waals surface area contributed by atoms with Crippen molar-refractivity contribution in [1.29, 1.82) is 0 Å². The van der Waals surface area contributed by atoms with Gasteiger partial charge in [-0.3, -0.25) is 5.10 Å². The van der Waals surface area contributed by atoms with Gasteiger partial charge in [0.25, 0.3) is 0 Å². The van der Waals surface area contributed by atoms with E-state index >= 15 is 0 Å². The van der Waals surface area contributed by atoms with Crippen LogP contribution in [-0.2, 0) is 6.61 Å². The van der Waals surface area contributed by atoms with E-state index in [1.54, 1.807) is 24.3 Å². The van der Waals surface area contributed by atoms with E-state index in [0.717, 1.165) is 5.69 Å². The lowest BCUT2D eigenvalue weighted by Gasteiger charge is -2.05. The van der Waals surface area contributed by atoms with Gasteiger partial charge in [0, 0.05) is 12.1 Å². The van der Waals surface area contributed by atoms with Crippen molar-refractivity contribution >= 4 is 29.0 Å². The first-order chi connectivity index (χ1) is 7.65. The molecule has 1 aromatic heterocycles. The van der Waals surface area contributed by atoms with Gasteiger partial charge in [-0.2, -0.15) is 5.10 Å². The summed E-state index contributed by atoms with van der Waals surface area (Å²) in [6.07, 6.45) is 0. The number of ether oxygens (including phenoxy) is 1.